The summed E-state index contributed by atoms with van der Waals surface area (Å²) in [6.07, 6.45) is 0.863. The van der Waals surface area contributed by atoms with Crippen molar-refractivity contribution in [3.63, 3.8) is 0 Å². The van der Waals surface area contributed by atoms with Gasteiger partial charge in [-0.25, -0.2) is 4.39 Å². The first-order valence-electron chi connectivity index (χ1n) is 7.59. The van der Waals surface area contributed by atoms with Crippen molar-refractivity contribution in [2.24, 2.45) is 0 Å². The van der Waals surface area contributed by atoms with Crippen LogP contribution in [0.15, 0.2) is 48.5 Å². The fourth-order valence-electron chi connectivity index (χ4n) is 2.02. The zero-order valence-corrected chi connectivity index (χ0v) is 13.3. The number of rotatable bonds is 7. The van der Waals surface area contributed by atoms with E-state index in [4.69, 9.17) is 4.74 Å². The van der Waals surface area contributed by atoms with E-state index in [0.717, 1.165) is 0 Å². The Morgan fingerprint density at radius 2 is 1.54 bits per heavy atom. The van der Waals surface area contributed by atoms with Crippen LogP contribution in [0.1, 0.15) is 19.8 Å². The maximum atomic E-state index is 12.7. The van der Waals surface area contributed by atoms with E-state index < -0.39 is 0 Å². The lowest BCUT2D eigenvalue weighted by atomic mass is 10.2. The summed E-state index contributed by atoms with van der Waals surface area (Å²) >= 11 is 0. The molecule has 5 nitrogen and oxygen atoms in total. The standard InChI is InChI=1S/C18H19FN2O3/c1-13(22)20-15-6-8-16(9-7-15)21-18(23)3-2-12-24-17-10-4-14(19)5-11-17/h4-11H,2-3,12H2,1H3,(H,20,22)(H,21,23). The van der Waals surface area contributed by atoms with Crippen LogP contribution in [0.5, 0.6) is 5.75 Å². The molecule has 2 aromatic carbocycles. The Morgan fingerprint density at radius 1 is 0.958 bits per heavy atom. The van der Waals surface area contributed by atoms with E-state index >= 15 is 0 Å². The zero-order valence-electron chi connectivity index (χ0n) is 13.3. The minimum atomic E-state index is -0.314. The fraction of sp³-hybridized carbons (Fsp3) is 0.222. The molecule has 0 radical (unpaired) electrons. The van der Waals surface area contributed by atoms with Gasteiger partial charge in [-0.2, -0.15) is 0 Å². The number of ether oxygens (including phenoxy) is 1. The summed E-state index contributed by atoms with van der Waals surface area (Å²) in [5.41, 5.74) is 1.33. The van der Waals surface area contributed by atoms with E-state index in [2.05, 4.69) is 10.6 Å². The number of benzene rings is 2. The molecular weight excluding hydrogens is 311 g/mol. The van der Waals surface area contributed by atoms with Crippen LogP contribution in [0.25, 0.3) is 0 Å². The number of carbonyl (C=O) groups excluding carboxylic acids is 2. The highest BCUT2D eigenvalue weighted by molar-refractivity contribution is 5.92. The molecule has 2 amide bonds. The van der Waals surface area contributed by atoms with Crippen LogP contribution < -0.4 is 15.4 Å². The highest BCUT2D eigenvalue weighted by Crippen LogP contribution is 2.14. The third-order valence-electron chi connectivity index (χ3n) is 3.12. The number of halogens is 1. The van der Waals surface area contributed by atoms with Crippen LogP contribution in [-0.2, 0) is 9.59 Å². The minimum absolute atomic E-state index is 0.120. The average Bonchev–Trinajstić information content (AvgIpc) is 2.55. The Hall–Kier alpha value is -2.89. The van der Waals surface area contributed by atoms with Gasteiger partial charge < -0.3 is 15.4 Å². The molecule has 2 rings (SSSR count). The molecule has 0 bridgehead atoms. The van der Waals surface area contributed by atoms with E-state index in [9.17, 15) is 14.0 Å². The van der Waals surface area contributed by atoms with Crippen molar-refractivity contribution in [1.82, 2.24) is 0 Å². The van der Waals surface area contributed by atoms with Crippen LogP contribution >= 0.6 is 0 Å². The Balaban J connectivity index is 1.69. The molecule has 2 aromatic rings. The van der Waals surface area contributed by atoms with E-state index in [-0.39, 0.29) is 17.6 Å². The maximum absolute atomic E-state index is 12.7. The van der Waals surface area contributed by atoms with Gasteiger partial charge in [0.15, 0.2) is 0 Å². The van der Waals surface area contributed by atoms with Crippen LogP contribution in [0.3, 0.4) is 0 Å². The average molecular weight is 330 g/mol. The largest absolute Gasteiger partial charge is 0.494 e. The zero-order chi connectivity index (χ0) is 17.4. The van der Waals surface area contributed by atoms with Crippen molar-refractivity contribution in [2.75, 3.05) is 17.2 Å². The van der Waals surface area contributed by atoms with Gasteiger partial charge in [0.25, 0.3) is 0 Å². The summed E-state index contributed by atoms with van der Waals surface area (Å²) < 4.78 is 18.2. The van der Waals surface area contributed by atoms with Gasteiger partial charge in [-0.1, -0.05) is 0 Å². The molecule has 0 aliphatic rings. The molecular formula is C18H19FN2O3. The molecule has 0 heterocycles. The van der Waals surface area contributed by atoms with Crippen molar-refractivity contribution in [1.29, 1.82) is 0 Å². The highest BCUT2D eigenvalue weighted by atomic mass is 19.1. The quantitative estimate of drug-likeness (QED) is 0.763. The second-order valence-corrected chi connectivity index (χ2v) is 5.21. The van der Waals surface area contributed by atoms with Crippen molar-refractivity contribution in [3.05, 3.63) is 54.3 Å². The van der Waals surface area contributed by atoms with Crippen LogP contribution in [0.4, 0.5) is 15.8 Å². The molecule has 6 heteroatoms. The Kier molecular flexibility index (Phi) is 6.31. The predicted octanol–water partition coefficient (Wildman–Crippen LogP) is 3.58. The van der Waals surface area contributed by atoms with Gasteiger partial charge in [-0.15, -0.1) is 0 Å². The SMILES string of the molecule is CC(=O)Nc1ccc(NC(=O)CCCOc2ccc(F)cc2)cc1. The lowest BCUT2D eigenvalue weighted by Gasteiger charge is -2.08. The smallest absolute Gasteiger partial charge is 0.224 e. The van der Waals surface area contributed by atoms with E-state index in [1.54, 1.807) is 36.4 Å². The number of carbonyl (C=O) groups is 2. The van der Waals surface area contributed by atoms with Crippen molar-refractivity contribution in [2.45, 2.75) is 19.8 Å². The first-order chi connectivity index (χ1) is 11.5. The monoisotopic (exact) mass is 330 g/mol. The number of nitrogens with one attached hydrogen (secondary N) is 2. The maximum Gasteiger partial charge on any atom is 0.224 e. The van der Waals surface area contributed by atoms with E-state index in [1.807, 2.05) is 0 Å². The van der Waals surface area contributed by atoms with Crippen LogP contribution in [0, 0.1) is 5.82 Å². The lowest BCUT2D eigenvalue weighted by Crippen LogP contribution is -2.13. The number of hydrogen-bond donors (Lipinski definition) is 2. The lowest BCUT2D eigenvalue weighted by molar-refractivity contribution is -0.116. The molecule has 0 saturated carbocycles. The highest BCUT2D eigenvalue weighted by Gasteiger charge is 2.03. The summed E-state index contributed by atoms with van der Waals surface area (Å²) in [4.78, 5) is 22.8. The van der Waals surface area contributed by atoms with Gasteiger partial charge in [0.2, 0.25) is 11.8 Å². The first kappa shape index (κ1) is 17.5. The fourth-order valence-corrected chi connectivity index (χ4v) is 2.02. The van der Waals surface area contributed by atoms with Gasteiger partial charge in [0.1, 0.15) is 11.6 Å². The van der Waals surface area contributed by atoms with Crippen molar-refractivity contribution < 1.29 is 18.7 Å². The first-order valence-corrected chi connectivity index (χ1v) is 7.59. The molecule has 0 unspecified atom stereocenters. The second kappa shape index (κ2) is 8.67. The third-order valence-corrected chi connectivity index (χ3v) is 3.12. The molecule has 0 aliphatic carbocycles. The topological polar surface area (TPSA) is 67.4 Å². The molecule has 24 heavy (non-hydrogen) atoms. The Bertz CT molecular complexity index is 684. The molecule has 0 aromatic heterocycles. The van der Waals surface area contributed by atoms with E-state index in [0.29, 0.717) is 36.6 Å². The number of anilines is 2. The van der Waals surface area contributed by atoms with Crippen molar-refractivity contribution >= 4 is 23.2 Å². The molecule has 0 saturated heterocycles. The molecule has 0 atom stereocenters. The van der Waals surface area contributed by atoms with Gasteiger partial charge >= 0.3 is 0 Å². The molecule has 0 aliphatic heterocycles. The molecule has 0 spiro atoms. The number of hydrogen-bond acceptors (Lipinski definition) is 3. The Morgan fingerprint density at radius 3 is 2.12 bits per heavy atom. The molecule has 2 N–H and O–H groups in total. The minimum Gasteiger partial charge on any atom is -0.494 e. The van der Waals surface area contributed by atoms with Gasteiger partial charge in [-0.05, 0) is 55.0 Å². The van der Waals surface area contributed by atoms with Gasteiger partial charge in [0, 0.05) is 24.7 Å². The summed E-state index contributed by atoms with van der Waals surface area (Å²) in [5.74, 6) is -0.00505. The van der Waals surface area contributed by atoms with E-state index in [1.165, 1.54) is 19.1 Å². The van der Waals surface area contributed by atoms with Crippen LogP contribution in [-0.4, -0.2) is 18.4 Å². The number of amides is 2. The van der Waals surface area contributed by atoms with Crippen molar-refractivity contribution in [3.8, 4) is 5.75 Å². The normalized spacial score (nSPS) is 10.1. The Labute approximate surface area is 139 Å². The second-order valence-electron chi connectivity index (χ2n) is 5.21. The summed E-state index contributed by atoms with van der Waals surface area (Å²) in [5, 5.41) is 5.43. The van der Waals surface area contributed by atoms with Crippen LogP contribution in [0.2, 0.25) is 0 Å². The summed E-state index contributed by atoms with van der Waals surface area (Å²) in [7, 11) is 0. The third kappa shape index (κ3) is 6.08. The van der Waals surface area contributed by atoms with Gasteiger partial charge in [0.05, 0.1) is 6.61 Å². The molecule has 126 valence electrons. The summed E-state index contributed by atoms with van der Waals surface area (Å²) in [6, 6.07) is 12.6. The molecule has 0 fully saturated rings. The summed E-state index contributed by atoms with van der Waals surface area (Å²) in [6.45, 7) is 1.81. The van der Waals surface area contributed by atoms with Gasteiger partial charge in [-0.3, -0.25) is 9.59 Å². The predicted molar refractivity (Wildman–Crippen MR) is 90.5 cm³/mol.